The smallest absolute Gasteiger partial charge is 0.276 e. The average Bonchev–Trinajstić information content (AvgIpc) is 2.77. The molecule has 1 heterocycles. The second-order valence-electron chi connectivity index (χ2n) is 3.19. The zero-order valence-electron chi connectivity index (χ0n) is 9.14. The average molecular weight is 236 g/mol. The Labute approximate surface area is 98.0 Å². The first-order valence-corrected chi connectivity index (χ1v) is 6.03. The number of benzene rings is 1. The lowest BCUT2D eigenvalue weighted by molar-refractivity contribution is 0.412. The van der Waals surface area contributed by atoms with Gasteiger partial charge in [0.2, 0.25) is 5.89 Å². The molecule has 0 aliphatic carbocycles. The molecule has 0 aliphatic heterocycles. The molecule has 1 aromatic heterocycles. The van der Waals surface area contributed by atoms with E-state index in [4.69, 9.17) is 9.15 Å². The molecule has 16 heavy (non-hydrogen) atoms. The van der Waals surface area contributed by atoms with Crippen LogP contribution in [0.5, 0.6) is 5.75 Å². The maximum absolute atomic E-state index is 5.41. The highest BCUT2D eigenvalue weighted by molar-refractivity contribution is 7.98. The predicted molar refractivity (Wildman–Crippen MR) is 61.9 cm³/mol. The van der Waals surface area contributed by atoms with Crippen LogP contribution in [0.15, 0.2) is 33.9 Å². The van der Waals surface area contributed by atoms with Crippen molar-refractivity contribution in [2.75, 3.05) is 13.4 Å². The van der Waals surface area contributed by atoms with Gasteiger partial charge >= 0.3 is 0 Å². The van der Waals surface area contributed by atoms with Gasteiger partial charge in [-0.05, 0) is 24.0 Å². The van der Waals surface area contributed by atoms with E-state index in [-0.39, 0.29) is 0 Å². The number of hydrogen-bond donors (Lipinski definition) is 0. The fraction of sp³-hybridized carbons (Fsp3) is 0.273. The van der Waals surface area contributed by atoms with Crippen LogP contribution in [0.25, 0.3) is 0 Å². The molecule has 0 saturated carbocycles. The van der Waals surface area contributed by atoms with Crippen LogP contribution in [0.1, 0.15) is 11.5 Å². The fourth-order valence-corrected chi connectivity index (χ4v) is 1.65. The molecule has 84 valence electrons. The summed E-state index contributed by atoms with van der Waals surface area (Å²) in [7, 11) is 1.65. The van der Waals surface area contributed by atoms with Crippen molar-refractivity contribution in [1.29, 1.82) is 0 Å². The molecule has 0 radical (unpaired) electrons. The molecule has 0 bridgehead atoms. The topological polar surface area (TPSA) is 48.2 Å². The van der Waals surface area contributed by atoms with E-state index in [9.17, 15) is 0 Å². The molecular weight excluding hydrogens is 224 g/mol. The first-order chi connectivity index (χ1) is 7.81. The molecule has 0 saturated heterocycles. The minimum Gasteiger partial charge on any atom is -0.497 e. The Morgan fingerprint density at radius 2 is 2.25 bits per heavy atom. The van der Waals surface area contributed by atoms with Crippen LogP contribution < -0.4 is 4.74 Å². The van der Waals surface area contributed by atoms with Gasteiger partial charge in [-0.2, -0.15) is 0 Å². The Hall–Kier alpha value is -1.49. The molecule has 0 spiro atoms. The van der Waals surface area contributed by atoms with Crippen LogP contribution in [0.3, 0.4) is 0 Å². The Balaban J connectivity index is 2.13. The molecule has 5 heteroatoms. The van der Waals surface area contributed by atoms with E-state index in [0.717, 1.165) is 11.3 Å². The van der Waals surface area contributed by atoms with Crippen molar-refractivity contribution in [3.05, 3.63) is 35.7 Å². The summed E-state index contributed by atoms with van der Waals surface area (Å²) in [6, 6.07) is 7.82. The molecule has 0 amide bonds. The van der Waals surface area contributed by atoms with Gasteiger partial charge < -0.3 is 9.15 Å². The Morgan fingerprint density at radius 1 is 1.38 bits per heavy atom. The van der Waals surface area contributed by atoms with Gasteiger partial charge in [-0.15, -0.1) is 10.2 Å². The normalized spacial score (nSPS) is 10.4. The van der Waals surface area contributed by atoms with E-state index in [1.165, 1.54) is 11.8 Å². The first kappa shape index (κ1) is 11.0. The van der Waals surface area contributed by atoms with Crippen molar-refractivity contribution in [3.8, 4) is 5.75 Å². The van der Waals surface area contributed by atoms with Gasteiger partial charge in [-0.25, -0.2) is 0 Å². The lowest BCUT2D eigenvalue weighted by atomic mass is 10.1. The van der Waals surface area contributed by atoms with Gasteiger partial charge in [0.05, 0.1) is 13.5 Å². The van der Waals surface area contributed by atoms with Gasteiger partial charge in [-0.3, -0.25) is 0 Å². The second kappa shape index (κ2) is 5.03. The van der Waals surface area contributed by atoms with Crippen LogP contribution >= 0.6 is 11.8 Å². The summed E-state index contributed by atoms with van der Waals surface area (Å²) in [4.78, 5) is 0. The predicted octanol–water partition coefficient (Wildman–Crippen LogP) is 2.39. The zero-order valence-corrected chi connectivity index (χ0v) is 9.95. The third-order valence-corrected chi connectivity index (χ3v) is 2.63. The van der Waals surface area contributed by atoms with Crippen molar-refractivity contribution >= 4 is 11.8 Å². The van der Waals surface area contributed by atoms with Gasteiger partial charge in [0.15, 0.2) is 0 Å². The third-order valence-electron chi connectivity index (χ3n) is 2.11. The van der Waals surface area contributed by atoms with Crippen LogP contribution in [-0.2, 0) is 6.42 Å². The zero-order chi connectivity index (χ0) is 11.4. The second-order valence-corrected chi connectivity index (χ2v) is 3.95. The standard InChI is InChI=1S/C11H12N2O2S/c1-14-9-5-3-4-8(6-9)7-10-12-13-11(15-10)16-2/h3-6H,7H2,1-2H3. The Kier molecular flexibility index (Phi) is 3.46. The monoisotopic (exact) mass is 236 g/mol. The lowest BCUT2D eigenvalue weighted by Gasteiger charge is -2.01. The van der Waals surface area contributed by atoms with Crippen molar-refractivity contribution in [2.45, 2.75) is 11.6 Å². The number of nitrogens with zero attached hydrogens (tertiary/aromatic N) is 2. The minimum absolute atomic E-state index is 0.595. The highest BCUT2D eigenvalue weighted by Crippen LogP contribution is 2.17. The van der Waals surface area contributed by atoms with E-state index in [1.807, 2.05) is 30.5 Å². The number of thioether (sulfide) groups is 1. The summed E-state index contributed by atoms with van der Waals surface area (Å²) in [6.07, 6.45) is 2.54. The number of hydrogen-bond acceptors (Lipinski definition) is 5. The highest BCUT2D eigenvalue weighted by Gasteiger charge is 2.06. The number of ether oxygens (including phenoxy) is 1. The van der Waals surface area contributed by atoms with Gasteiger partial charge in [0.25, 0.3) is 5.22 Å². The van der Waals surface area contributed by atoms with Crippen molar-refractivity contribution in [3.63, 3.8) is 0 Å². The number of methoxy groups -OCH3 is 1. The number of aromatic nitrogens is 2. The summed E-state index contributed by atoms with van der Waals surface area (Å²) in [5.74, 6) is 1.46. The molecule has 2 aromatic rings. The maximum Gasteiger partial charge on any atom is 0.276 e. The SMILES string of the molecule is COc1cccc(Cc2nnc(SC)o2)c1. The van der Waals surface area contributed by atoms with Crippen LogP contribution in [0.4, 0.5) is 0 Å². The molecule has 0 N–H and O–H groups in total. The molecule has 2 rings (SSSR count). The minimum atomic E-state index is 0.595. The molecule has 0 unspecified atom stereocenters. The molecule has 0 atom stereocenters. The van der Waals surface area contributed by atoms with Gasteiger partial charge in [0, 0.05) is 0 Å². The van der Waals surface area contributed by atoms with Crippen molar-refractivity contribution in [1.82, 2.24) is 10.2 Å². The summed E-state index contributed by atoms with van der Waals surface area (Å²) < 4.78 is 10.6. The lowest BCUT2D eigenvalue weighted by Crippen LogP contribution is -1.90. The summed E-state index contributed by atoms with van der Waals surface area (Å²) >= 11 is 1.44. The Bertz CT molecular complexity index is 471. The van der Waals surface area contributed by atoms with E-state index in [1.54, 1.807) is 7.11 Å². The van der Waals surface area contributed by atoms with Crippen LogP contribution in [0, 0.1) is 0 Å². The largest absolute Gasteiger partial charge is 0.497 e. The number of rotatable bonds is 4. The van der Waals surface area contributed by atoms with Crippen molar-refractivity contribution in [2.24, 2.45) is 0 Å². The molecule has 1 aromatic carbocycles. The van der Waals surface area contributed by atoms with E-state index >= 15 is 0 Å². The molecule has 0 aliphatic rings. The third kappa shape index (κ3) is 2.55. The molecule has 4 nitrogen and oxygen atoms in total. The van der Waals surface area contributed by atoms with E-state index < -0.39 is 0 Å². The van der Waals surface area contributed by atoms with E-state index in [2.05, 4.69) is 10.2 Å². The summed E-state index contributed by atoms with van der Waals surface area (Å²) in [5, 5.41) is 8.44. The van der Waals surface area contributed by atoms with Crippen LogP contribution in [0.2, 0.25) is 0 Å². The molecular formula is C11H12N2O2S. The van der Waals surface area contributed by atoms with Gasteiger partial charge in [-0.1, -0.05) is 23.9 Å². The van der Waals surface area contributed by atoms with Crippen LogP contribution in [-0.4, -0.2) is 23.6 Å². The maximum atomic E-state index is 5.41. The van der Waals surface area contributed by atoms with E-state index in [0.29, 0.717) is 17.5 Å². The molecule has 0 fully saturated rings. The van der Waals surface area contributed by atoms with Crippen molar-refractivity contribution < 1.29 is 9.15 Å². The highest BCUT2D eigenvalue weighted by atomic mass is 32.2. The summed E-state index contributed by atoms with van der Waals surface area (Å²) in [6.45, 7) is 0. The fourth-order valence-electron chi connectivity index (χ4n) is 1.35. The Morgan fingerprint density at radius 3 is 2.94 bits per heavy atom. The first-order valence-electron chi connectivity index (χ1n) is 4.81. The summed E-state index contributed by atoms with van der Waals surface area (Å²) in [5.41, 5.74) is 1.09. The quantitative estimate of drug-likeness (QED) is 0.763. The van der Waals surface area contributed by atoms with Gasteiger partial charge in [0.1, 0.15) is 5.75 Å².